The van der Waals surface area contributed by atoms with Crippen LogP contribution in [0.4, 0.5) is 4.39 Å². The Morgan fingerprint density at radius 1 is 1.39 bits per heavy atom. The summed E-state index contributed by atoms with van der Waals surface area (Å²) in [6.07, 6.45) is 1.25. The fourth-order valence-electron chi connectivity index (χ4n) is 2.30. The van der Waals surface area contributed by atoms with Crippen molar-refractivity contribution in [2.45, 2.75) is 40.5 Å². The van der Waals surface area contributed by atoms with Crippen molar-refractivity contribution < 1.29 is 9.18 Å². The van der Waals surface area contributed by atoms with Crippen LogP contribution in [0.3, 0.4) is 0 Å². The molecule has 100 valence electrons. The van der Waals surface area contributed by atoms with Crippen molar-refractivity contribution in [2.24, 2.45) is 11.3 Å². The van der Waals surface area contributed by atoms with Crippen LogP contribution < -0.4 is 0 Å². The summed E-state index contributed by atoms with van der Waals surface area (Å²) in [5.41, 5.74) is 0.193. The Hall–Kier alpha value is -0.890. The second-order valence-electron chi connectivity index (χ2n) is 6.09. The van der Waals surface area contributed by atoms with Crippen LogP contribution in [-0.4, -0.2) is 5.78 Å². The molecule has 1 nitrogen and oxygen atoms in total. The first-order valence-corrected chi connectivity index (χ1v) is 6.56. The fraction of sp³-hybridized carbons (Fsp3) is 0.533. The van der Waals surface area contributed by atoms with Gasteiger partial charge in [0.25, 0.3) is 0 Å². The maximum atomic E-state index is 13.6. The van der Waals surface area contributed by atoms with Crippen molar-refractivity contribution in [3.05, 3.63) is 34.6 Å². The summed E-state index contributed by atoms with van der Waals surface area (Å²) < 4.78 is 13.6. The molecule has 0 bridgehead atoms. The molecule has 0 aliphatic rings. The molecule has 1 rings (SSSR count). The summed E-state index contributed by atoms with van der Waals surface area (Å²) in [5, 5.41) is 0.197. The van der Waals surface area contributed by atoms with Gasteiger partial charge in [-0.1, -0.05) is 45.4 Å². The second-order valence-corrected chi connectivity index (χ2v) is 6.50. The Morgan fingerprint density at radius 3 is 2.50 bits per heavy atom. The van der Waals surface area contributed by atoms with E-state index >= 15 is 0 Å². The first-order chi connectivity index (χ1) is 8.20. The zero-order valence-corrected chi connectivity index (χ0v) is 12.1. The molecule has 0 radical (unpaired) electrons. The van der Waals surface area contributed by atoms with Gasteiger partial charge < -0.3 is 0 Å². The molecule has 0 aliphatic carbocycles. The molecule has 0 fully saturated rings. The van der Waals surface area contributed by atoms with E-state index in [0.29, 0.717) is 6.42 Å². The maximum absolute atomic E-state index is 13.6. The second kappa shape index (κ2) is 5.83. The molecule has 3 heteroatoms. The molecule has 1 unspecified atom stereocenters. The number of carbonyl (C=O) groups is 1. The van der Waals surface area contributed by atoms with E-state index in [1.807, 2.05) is 6.92 Å². The molecule has 0 N–H and O–H groups in total. The normalized spacial score (nSPS) is 13.4. The van der Waals surface area contributed by atoms with Gasteiger partial charge in [0.2, 0.25) is 0 Å². The van der Waals surface area contributed by atoms with Gasteiger partial charge in [-0.2, -0.15) is 0 Å². The highest BCUT2D eigenvalue weighted by molar-refractivity contribution is 6.34. The molecule has 1 aromatic rings. The topological polar surface area (TPSA) is 17.1 Å². The number of ketones is 1. The van der Waals surface area contributed by atoms with E-state index in [2.05, 4.69) is 20.8 Å². The van der Waals surface area contributed by atoms with E-state index < -0.39 is 5.82 Å². The summed E-state index contributed by atoms with van der Waals surface area (Å²) in [7, 11) is 0. The molecule has 0 heterocycles. The van der Waals surface area contributed by atoms with Crippen LogP contribution in [0.5, 0.6) is 0 Å². The van der Waals surface area contributed by atoms with E-state index in [4.69, 9.17) is 11.6 Å². The van der Waals surface area contributed by atoms with Crippen LogP contribution in [0, 0.1) is 17.2 Å². The predicted molar refractivity (Wildman–Crippen MR) is 73.6 cm³/mol. The third-order valence-corrected chi connectivity index (χ3v) is 3.05. The quantitative estimate of drug-likeness (QED) is 0.694. The van der Waals surface area contributed by atoms with Gasteiger partial charge in [-0.15, -0.1) is 0 Å². The molecule has 0 amide bonds. The average Bonchev–Trinajstić information content (AvgIpc) is 2.13. The lowest BCUT2D eigenvalue weighted by atomic mass is 9.83. The lowest BCUT2D eigenvalue weighted by molar-refractivity contribution is 0.0950. The lowest BCUT2D eigenvalue weighted by Gasteiger charge is -2.22. The Labute approximate surface area is 113 Å². The third kappa shape index (κ3) is 4.41. The van der Waals surface area contributed by atoms with Gasteiger partial charge in [-0.05, 0) is 29.9 Å². The van der Waals surface area contributed by atoms with Gasteiger partial charge in [0.05, 0.1) is 10.6 Å². The van der Waals surface area contributed by atoms with E-state index in [1.165, 1.54) is 12.1 Å². The van der Waals surface area contributed by atoms with Crippen molar-refractivity contribution in [1.82, 2.24) is 0 Å². The summed E-state index contributed by atoms with van der Waals surface area (Å²) in [6, 6.07) is 4.33. The first kappa shape index (κ1) is 15.2. The van der Waals surface area contributed by atoms with E-state index in [1.54, 1.807) is 6.07 Å². The minimum Gasteiger partial charge on any atom is -0.294 e. The molecule has 1 atom stereocenters. The highest BCUT2D eigenvalue weighted by atomic mass is 35.5. The Bertz CT molecular complexity index is 414. The summed E-state index contributed by atoms with van der Waals surface area (Å²) >= 11 is 5.88. The van der Waals surface area contributed by atoms with Gasteiger partial charge >= 0.3 is 0 Å². The van der Waals surface area contributed by atoms with Crippen LogP contribution in [0.2, 0.25) is 5.02 Å². The highest BCUT2D eigenvalue weighted by Gasteiger charge is 2.21. The predicted octanol–water partition coefficient (Wildman–Crippen LogP) is 5.12. The molecule has 0 aromatic heterocycles. The standard InChI is InChI=1S/C15H20ClFO/c1-10(9-15(2,3)4)8-13(18)14-11(16)6-5-7-12(14)17/h5-7,10H,8-9H2,1-4H3. The Balaban J connectivity index is 2.77. The van der Waals surface area contributed by atoms with Crippen molar-refractivity contribution in [3.8, 4) is 0 Å². The largest absolute Gasteiger partial charge is 0.294 e. The molecular weight excluding hydrogens is 251 g/mol. The van der Waals surface area contributed by atoms with E-state index in [0.717, 1.165) is 6.42 Å². The number of rotatable bonds is 4. The molecular formula is C15H20ClFO. The van der Waals surface area contributed by atoms with Crippen molar-refractivity contribution in [1.29, 1.82) is 0 Å². The maximum Gasteiger partial charge on any atom is 0.167 e. The third-order valence-electron chi connectivity index (χ3n) is 2.74. The molecule has 0 saturated heterocycles. The molecule has 1 aromatic carbocycles. The monoisotopic (exact) mass is 270 g/mol. The number of Topliss-reactive ketones (excluding diaryl/α,β-unsaturated/α-hetero) is 1. The number of hydrogen-bond donors (Lipinski definition) is 0. The molecule has 0 aliphatic heterocycles. The van der Waals surface area contributed by atoms with Gasteiger partial charge in [0, 0.05) is 6.42 Å². The van der Waals surface area contributed by atoms with Crippen molar-refractivity contribution in [3.63, 3.8) is 0 Å². The van der Waals surface area contributed by atoms with Crippen LogP contribution in [0.25, 0.3) is 0 Å². The van der Waals surface area contributed by atoms with Gasteiger partial charge in [-0.25, -0.2) is 4.39 Å². The number of hydrogen-bond acceptors (Lipinski definition) is 1. The number of carbonyl (C=O) groups excluding carboxylic acids is 1. The lowest BCUT2D eigenvalue weighted by Crippen LogP contribution is -2.15. The van der Waals surface area contributed by atoms with Gasteiger partial charge in [0.1, 0.15) is 5.82 Å². The summed E-state index contributed by atoms with van der Waals surface area (Å²) in [4.78, 5) is 12.1. The van der Waals surface area contributed by atoms with E-state index in [9.17, 15) is 9.18 Å². The SMILES string of the molecule is CC(CC(=O)c1c(F)cccc1Cl)CC(C)(C)C. The van der Waals surface area contributed by atoms with Crippen LogP contribution in [0.15, 0.2) is 18.2 Å². The van der Waals surface area contributed by atoms with Crippen LogP contribution in [0.1, 0.15) is 50.9 Å². The van der Waals surface area contributed by atoms with E-state index in [-0.39, 0.29) is 27.7 Å². The Morgan fingerprint density at radius 2 is 2.00 bits per heavy atom. The highest BCUT2D eigenvalue weighted by Crippen LogP contribution is 2.28. The minimum absolute atomic E-state index is 0.0277. The minimum atomic E-state index is -0.532. The van der Waals surface area contributed by atoms with Gasteiger partial charge in [-0.3, -0.25) is 4.79 Å². The Kier molecular flexibility index (Phi) is 4.92. The average molecular weight is 271 g/mol. The van der Waals surface area contributed by atoms with Crippen LogP contribution in [-0.2, 0) is 0 Å². The number of halogens is 2. The summed E-state index contributed by atoms with van der Waals surface area (Å²) in [5.74, 6) is -0.529. The van der Waals surface area contributed by atoms with Gasteiger partial charge in [0.15, 0.2) is 5.78 Å². The molecule has 0 spiro atoms. The fourth-order valence-corrected chi connectivity index (χ4v) is 2.57. The smallest absolute Gasteiger partial charge is 0.167 e. The summed E-state index contributed by atoms with van der Waals surface area (Å²) in [6.45, 7) is 8.40. The van der Waals surface area contributed by atoms with Crippen molar-refractivity contribution >= 4 is 17.4 Å². The zero-order valence-electron chi connectivity index (χ0n) is 11.4. The first-order valence-electron chi connectivity index (χ1n) is 6.18. The number of benzene rings is 1. The zero-order chi connectivity index (χ0) is 13.9. The van der Waals surface area contributed by atoms with Crippen LogP contribution >= 0.6 is 11.6 Å². The molecule has 18 heavy (non-hydrogen) atoms. The van der Waals surface area contributed by atoms with Crippen molar-refractivity contribution in [2.75, 3.05) is 0 Å². The molecule has 0 saturated carbocycles.